The number of hydrogen-bond donors (Lipinski definition) is 1. The number of halogens is 1. The first-order valence-corrected chi connectivity index (χ1v) is 9.94. The molecule has 7 nitrogen and oxygen atoms in total. The van der Waals surface area contributed by atoms with Gasteiger partial charge in [-0.2, -0.15) is 0 Å². The molecule has 0 fully saturated rings. The van der Waals surface area contributed by atoms with Crippen molar-refractivity contribution in [3.63, 3.8) is 0 Å². The van der Waals surface area contributed by atoms with Gasteiger partial charge in [0.15, 0.2) is 18.1 Å². The van der Waals surface area contributed by atoms with Gasteiger partial charge >= 0.3 is 0 Å². The van der Waals surface area contributed by atoms with E-state index in [-0.39, 0.29) is 24.3 Å². The van der Waals surface area contributed by atoms with E-state index in [0.717, 1.165) is 16.9 Å². The average molecular weight is 433 g/mol. The Morgan fingerprint density at radius 2 is 2.00 bits per heavy atom. The van der Waals surface area contributed by atoms with Crippen LogP contribution in [0.2, 0.25) is 5.02 Å². The van der Waals surface area contributed by atoms with Gasteiger partial charge in [0.05, 0.1) is 13.0 Å². The largest absolute Gasteiger partial charge is 0.493 e. The van der Waals surface area contributed by atoms with Crippen LogP contribution in [0.4, 0.5) is 0 Å². The van der Waals surface area contributed by atoms with Crippen molar-refractivity contribution in [3.8, 4) is 17.2 Å². The summed E-state index contributed by atoms with van der Waals surface area (Å²) in [7, 11) is 4.86. The van der Waals surface area contributed by atoms with Gasteiger partial charge in [-0.25, -0.2) is 0 Å². The Morgan fingerprint density at radius 1 is 1.20 bits per heavy atom. The van der Waals surface area contributed by atoms with Crippen LogP contribution in [0.5, 0.6) is 17.2 Å². The fraction of sp³-hybridized carbons (Fsp3) is 0.364. The minimum Gasteiger partial charge on any atom is -0.493 e. The molecule has 0 saturated carbocycles. The number of nitrogens with one attached hydrogen (secondary N) is 1. The van der Waals surface area contributed by atoms with Gasteiger partial charge in [-0.15, -0.1) is 0 Å². The van der Waals surface area contributed by atoms with Crippen molar-refractivity contribution in [2.24, 2.45) is 5.92 Å². The molecule has 1 aliphatic rings. The Balaban J connectivity index is 1.57. The van der Waals surface area contributed by atoms with Gasteiger partial charge in [0.1, 0.15) is 12.4 Å². The predicted molar refractivity (Wildman–Crippen MR) is 113 cm³/mol. The van der Waals surface area contributed by atoms with E-state index in [1.54, 1.807) is 32.3 Å². The van der Waals surface area contributed by atoms with Gasteiger partial charge in [0.2, 0.25) is 5.91 Å². The molecule has 1 heterocycles. The first kappa shape index (κ1) is 21.8. The summed E-state index contributed by atoms with van der Waals surface area (Å²) in [6.45, 7) is 0.591. The molecule has 160 valence electrons. The van der Waals surface area contributed by atoms with Crippen molar-refractivity contribution in [2.45, 2.75) is 13.0 Å². The molecule has 2 aromatic carbocycles. The maximum absolute atomic E-state index is 12.6. The maximum Gasteiger partial charge on any atom is 0.259 e. The quantitative estimate of drug-likeness (QED) is 0.727. The first-order valence-electron chi connectivity index (χ1n) is 9.56. The maximum atomic E-state index is 12.6. The fourth-order valence-electron chi connectivity index (χ4n) is 3.07. The van der Waals surface area contributed by atoms with Crippen LogP contribution < -0.4 is 19.5 Å². The highest BCUT2D eigenvalue weighted by atomic mass is 35.5. The zero-order valence-corrected chi connectivity index (χ0v) is 18.0. The molecule has 2 amide bonds. The van der Waals surface area contributed by atoms with E-state index in [1.165, 1.54) is 12.0 Å². The van der Waals surface area contributed by atoms with E-state index in [4.69, 9.17) is 25.8 Å². The number of rotatable bonds is 7. The number of ether oxygens (including phenoxy) is 3. The molecular weight excluding hydrogens is 408 g/mol. The van der Waals surface area contributed by atoms with Crippen molar-refractivity contribution in [3.05, 3.63) is 52.5 Å². The Bertz CT molecular complexity index is 932. The third-order valence-electron chi connectivity index (χ3n) is 4.84. The van der Waals surface area contributed by atoms with Crippen molar-refractivity contribution >= 4 is 23.4 Å². The molecule has 0 spiro atoms. The number of hydrogen-bond acceptors (Lipinski definition) is 5. The molecule has 0 bridgehead atoms. The SMILES string of the molecule is COc1cc(CNC(=O)C2COc3ccc(Cl)cc3C2)ccc1OCC(=O)N(C)C. The van der Waals surface area contributed by atoms with Crippen LogP contribution in [-0.2, 0) is 22.6 Å². The van der Waals surface area contributed by atoms with Crippen LogP contribution >= 0.6 is 11.6 Å². The van der Waals surface area contributed by atoms with E-state index in [2.05, 4.69) is 5.32 Å². The summed E-state index contributed by atoms with van der Waals surface area (Å²) in [5, 5.41) is 3.57. The Hall–Kier alpha value is -2.93. The number of nitrogens with zero attached hydrogens (tertiary/aromatic N) is 1. The van der Waals surface area contributed by atoms with Crippen molar-refractivity contribution in [1.29, 1.82) is 0 Å². The van der Waals surface area contributed by atoms with Gasteiger partial charge in [-0.1, -0.05) is 17.7 Å². The number of amides is 2. The van der Waals surface area contributed by atoms with Crippen molar-refractivity contribution < 1.29 is 23.8 Å². The van der Waals surface area contributed by atoms with Crippen molar-refractivity contribution in [2.75, 3.05) is 34.4 Å². The minimum absolute atomic E-state index is 0.0768. The zero-order valence-electron chi connectivity index (χ0n) is 17.2. The smallest absolute Gasteiger partial charge is 0.259 e. The lowest BCUT2D eigenvalue weighted by Crippen LogP contribution is -2.37. The number of carbonyl (C=O) groups is 2. The van der Waals surface area contributed by atoms with Crippen LogP contribution in [0.15, 0.2) is 36.4 Å². The topological polar surface area (TPSA) is 77.1 Å². The van der Waals surface area contributed by atoms with Crippen LogP contribution in [0.3, 0.4) is 0 Å². The molecule has 8 heteroatoms. The van der Waals surface area contributed by atoms with Crippen LogP contribution in [0.1, 0.15) is 11.1 Å². The van der Waals surface area contributed by atoms with Gasteiger partial charge in [-0.05, 0) is 47.9 Å². The molecule has 30 heavy (non-hydrogen) atoms. The highest BCUT2D eigenvalue weighted by molar-refractivity contribution is 6.30. The molecule has 0 saturated heterocycles. The second-order valence-electron chi connectivity index (χ2n) is 7.24. The molecule has 1 unspecified atom stereocenters. The van der Waals surface area contributed by atoms with E-state index in [9.17, 15) is 9.59 Å². The van der Waals surface area contributed by atoms with Gasteiger partial charge in [-0.3, -0.25) is 9.59 Å². The van der Waals surface area contributed by atoms with Gasteiger partial charge < -0.3 is 24.4 Å². The minimum atomic E-state index is -0.280. The monoisotopic (exact) mass is 432 g/mol. The van der Waals surface area contributed by atoms with E-state index in [1.807, 2.05) is 18.2 Å². The van der Waals surface area contributed by atoms with E-state index < -0.39 is 0 Å². The summed E-state index contributed by atoms with van der Waals surface area (Å²) in [5.41, 5.74) is 1.79. The third-order valence-corrected chi connectivity index (χ3v) is 5.08. The predicted octanol–water partition coefficient (Wildman–Crippen LogP) is 2.68. The Labute approximate surface area is 180 Å². The molecule has 3 rings (SSSR count). The molecule has 0 aliphatic carbocycles. The standard InChI is InChI=1S/C22H25ClN2O5/c1-25(2)21(26)13-30-19-6-4-14(8-20(19)28-3)11-24-22(27)16-9-15-10-17(23)5-7-18(15)29-12-16/h4-8,10,16H,9,11-13H2,1-3H3,(H,24,27). The van der Waals surface area contributed by atoms with Gasteiger partial charge in [0.25, 0.3) is 5.91 Å². The highest BCUT2D eigenvalue weighted by Gasteiger charge is 2.26. The summed E-state index contributed by atoms with van der Waals surface area (Å²) >= 11 is 6.04. The van der Waals surface area contributed by atoms with E-state index in [0.29, 0.717) is 36.1 Å². The lowest BCUT2D eigenvalue weighted by molar-refractivity contribution is -0.130. The number of methoxy groups -OCH3 is 1. The number of carbonyl (C=O) groups excluding carboxylic acids is 2. The average Bonchev–Trinajstić information content (AvgIpc) is 2.75. The first-order chi connectivity index (χ1) is 14.4. The van der Waals surface area contributed by atoms with Crippen molar-refractivity contribution in [1.82, 2.24) is 10.2 Å². The van der Waals surface area contributed by atoms with Crippen LogP contribution in [-0.4, -0.2) is 51.1 Å². The summed E-state index contributed by atoms with van der Waals surface area (Å²) in [6, 6.07) is 10.8. The van der Waals surface area contributed by atoms with Crippen LogP contribution in [0, 0.1) is 5.92 Å². The van der Waals surface area contributed by atoms with Gasteiger partial charge in [0, 0.05) is 25.7 Å². The Morgan fingerprint density at radius 3 is 2.73 bits per heavy atom. The molecule has 1 aliphatic heterocycles. The summed E-state index contributed by atoms with van der Waals surface area (Å²) in [4.78, 5) is 25.8. The zero-order chi connectivity index (χ0) is 21.7. The second-order valence-corrected chi connectivity index (χ2v) is 7.68. The molecule has 1 atom stereocenters. The number of likely N-dealkylation sites (N-methyl/N-ethyl adjacent to an activating group) is 1. The lowest BCUT2D eigenvalue weighted by atomic mass is 9.96. The number of benzene rings is 2. The third kappa shape index (κ3) is 5.36. The lowest BCUT2D eigenvalue weighted by Gasteiger charge is -2.24. The molecule has 0 aromatic heterocycles. The fourth-order valence-corrected chi connectivity index (χ4v) is 3.27. The Kier molecular flexibility index (Phi) is 7.05. The number of fused-ring (bicyclic) bond motifs is 1. The molecule has 1 N–H and O–H groups in total. The summed E-state index contributed by atoms with van der Waals surface area (Å²) in [5.74, 6) is 1.23. The second kappa shape index (κ2) is 9.71. The molecular formula is C22H25ClN2O5. The van der Waals surface area contributed by atoms with Crippen LogP contribution in [0.25, 0.3) is 0 Å². The van der Waals surface area contributed by atoms with E-state index >= 15 is 0 Å². The molecule has 2 aromatic rings. The normalized spacial score (nSPS) is 14.9. The highest BCUT2D eigenvalue weighted by Crippen LogP contribution is 2.30. The summed E-state index contributed by atoms with van der Waals surface area (Å²) in [6.07, 6.45) is 0.581. The molecule has 0 radical (unpaired) electrons. The summed E-state index contributed by atoms with van der Waals surface area (Å²) < 4.78 is 16.6.